The lowest BCUT2D eigenvalue weighted by atomic mass is 10.1. The molecule has 0 aliphatic heterocycles. The molecule has 0 fully saturated rings. The Bertz CT molecular complexity index is 797. The van der Waals surface area contributed by atoms with E-state index in [0.717, 1.165) is 11.1 Å². The number of rotatable bonds is 4. The fraction of sp³-hybridized carbons (Fsp3) is 0.111. The van der Waals surface area contributed by atoms with E-state index >= 15 is 0 Å². The monoisotopic (exact) mass is 310 g/mol. The Morgan fingerprint density at radius 3 is 2.52 bits per heavy atom. The Kier molecular flexibility index (Phi) is 4.19. The van der Waals surface area contributed by atoms with E-state index in [9.17, 15) is 9.18 Å². The van der Waals surface area contributed by atoms with Crippen molar-refractivity contribution in [3.8, 4) is 11.3 Å². The third-order valence-electron chi connectivity index (χ3n) is 3.58. The Morgan fingerprint density at radius 2 is 1.83 bits per heavy atom. The molecule has 0 radical (unpaired) electrons. The van der Waals surface area contributed by atoms with Gasteiger partial charge >= 0.3 is 0 Å². The summed E-state index contributed by atoms with van der Waals surface area (Å²) < 4.78 is 17.9. The van der Waals surface area contributed by atoms with Crippen LogP contribution in [-0.2, 0) is 0 Å². The summed E-state index contributed by atoms with van der Waals surface area (Å²) in [4.78, 5) is 12.5. The smallest absolute Gasteiger partial charge is 0.257 e. The van der Waals surface area contributed by atoms with Crippen LogP contribution in [0.5, 0.6) is 0 Å². The predicted molar refractivity (Wildman–Crippen MR) is 84.2 cm³/mol. The maximum atomic E-state index is 13.0. The first-order valence-corrected chi connectivity index (χ1v) is 7.21. The normalized spacial score (nSPS) is 11.9. The van der Waals surface area contributed by atoms with E-state index in [-0.39, 0.29) is 17.8 Å². The van der Waals surface area contributed by atoms with Crippen LogP contribution in [0.4, 0.5) is 4.39 Å². The molecular formula is C18H15FN2O2. The van der Waals surface area contributed by atoms with Gasteiger partial charge in [0, 0.05) is 5.56 Å². The molecule has 0 bridgehead atoms. The highest BCUT2D eigenvalue weighted by atomic mass is 19.1. The predicted octanol–water partition coefficient (Wildman–Crippen LogP) is 3.97. The zero-order valence-corrected chi connectivity index (χ0v) is 12.5. The molecule has 3 aromatic rings. The summed E-state index contributed by atoms with van der Waals surface area (Å²) in [6.45, 7) is 1.83. The molecule has 3 rings (SSSR count). The number of halogens is 1. The van der Waals surface area contributed by atoms with E-state index in [0.29, 0.717) is 11.3 Å². The van der Waals surface area contributed by atoms with Gasteiger partial charge < -0.3 is 9.84 Å². The van der Waals surface area contributed by atoms with E-state index in [1.165, 1.54) is 18.4 Å². The fourth-order valence-corrected chi connectivity index (χ4v) is 2.31. The second kappa shape index (κ2) is 6.44. The summed E-state index contributed by atoms with van der Waals surface area (Å²) in [5.41, 5.74) is 2.48. The van der Waals surface area contributed by atoms with Crippen LogP contribution in [0.15, 0.2) is 65.4 Å². The van der Waals surface area contributed by atoms with Crippen LogP contribution in [0.2, 0.25) is 0 Å². The first-order valence-electron chi connectivity index (χ1n) is 7.21. The van der Waals surface area contributed by atoms with Gasteiger partial charge in [-0.05, 0) is 24.6 Å². The Balaban J connectivity index is 1.79. The van der Waals surface area contributed by atoms with Gasteiger partial charge in [0.25, 0.3) is 5.91 Å². The molecule has 1 heterocycles. The lowest BCUT2D eigenvalue weighted by molar-refractivity contribution is 0.0940. The van der Waals surface area contributed by atoms with Crippen molar-refractivity contribution in [2.24, 2.45) is 0 Å². The lowest BCUT2D eigenvalue weighted by Gasteiger charge is -2.14. The first kappa shape index (κ1) is 15.0. The van der Waals surface area contributed by atoms with Crippen LogP contribution in [0.25, 0.3) is 11.3 Å². The Morgan fingerprint density at radius 1 is 1.13 bits per heavy atom. The van der Waals surface area contributed by atoms with Crippen LogP contribution >= 0.6 is 0 Å². The standard InChI is InChI=1S/C18H15FN2O2/c1-12(13-7-9-15(19)10-8-13)20-18(22)16-11-23-21-17(16)14-5-3-2-4-6-14/h2-12H,1H3,(H,20,22). The summed E-state index contributed by atoms with van der Waals surface area (Å²) in [7, 11) is 0. The van der Waals surface area contributed by atoms with E-state index < -0.39 is 0 Å². The third-order valence-corrected chi connectivity index (χ3v) is 3.58. The Labute approximate surface area is 132 Å². The number of benzene rings is 2. The number of nitrogens with zero attached hydrogens (tertiary/aromatic N) is 1. The summed E-state index contributed by atoms with van der Waals surface area (Å²) in [5, 5.41) is 6.78. The van der Waals surface area contributed by atoms with Gasteiger partial charge in [-0.3, -0.25) is 4.79 Å². The average Bonchev–Trinajstić information content (AvgIpc) is 3.06. The molecule has 0 aliphatic rings. The second-order valence-electron chi connectivity index (χ2n) is 5.19. The van der Waals surface area contributed by atoms with Crippen molar-refractivity contribution in [1.29, 1.82) is 0 Å². The molecule has 1 atom stereocenters. The van der Waals surface area contributed by atoms with Crippen molar-refractivity contribution in [1.82, 2.24) is 10.5 Å². The molecule has 0 spiro atoms. The zero-order valence-electron chi connectivity index (χ0n) is 12.5. The maximum absolute atomic E-state index is 13.0. The molecule has 0 aliphatic carbocycles. The molecular weight excluding hydrogens is 295 g/mol. The van der Waals surface area contributed by atoms with Crippen LogP contribution < -0.4 is 5.32 Å². The summed E-state index contributed by atoms with van der Waals surface area (Å²) in [6, 6.07) is 15.1. The van der Waals surface area contributed by atoms with Gasteiger partial charge in [0.15, 0.2) is 0 Å². The van der Waals surface area contributed by atoms with Crippen molar-refractivity contribution >= 4 is 5.91 Å². The van der Waals surface area contributed by atoms with E-state index in [4.69, 9.17) is 4.52 Å². The summed E-state index contributed by atoms with van der Waals surface area (Å²) in [6.07, 6.45) is 1.33. The van der Waals surface area contributed by atoms with Crippen molar-refractivity contribution in [3.63, 3.8) is 0 Å². The topological polar surface area (TPSA) is 55.1 Å². The molecule has 4 nitrogen and oxygen atoms in total. The van der Waals surface area contributed by atoms with E-state index in [1.54, 1.807) is 12.1 Å². The Hall–Kier alpha value is -2.95. The van der Waals surface area contributed by atoms with Gasteiger partial charge in [-0.1, -0.05) is 47.6 Å². The number of carbonyl (C=O) groups excluding carboxylic acids is 1. The summed E-state index contributed by atoms with van der Waals surface area (Å²) >= 11 is 0. The van der Waals surface area contributed by atoms with Gasteiger partial charge in [-0.2, -0.15) is 0 Å². The molecule has 0 saturated carbocycles. The number of amides is 1. The largest absolute Gasteiger partial charge is 0.363 e. The third kappa shape index (κ3) is 3.29. The van der Waals surface area contributed by atoms with Crippen LogP contribution in [-0.4, -0.2) is 11.1 Å². The average molecular weight is 310 g/mol. The number of hydrogen-bond acceptors (Lipinski definition) is 3. The van der Waals surface area contributed by atoms with Crippen molar-refractivity contribution in [2.45, 2.75) is 13.0 Å². The SMILES string of the molecule is CC(NC(=O)c1conc1-c1ccccc1)c1ccc(F)cc1. The van der Waals surface area contributed by atoms with Crippen molar-refractivity contribution < 1.29 is 13.7 Å². The quantitative estimate of drug-likeness (QED) is 0.793. The van der Waals surface area contributed by atoms with Gasteiger partial charge in [-0.25, -0.2) is 4.39 Å². The van der Waals surface area contributed by atoms with Gasteiger partial charge in [-0.15, -0.1) is 0 Å². The molecule has 23 heavy (non-hydrogen) atoms. The maximum Gasteiger partial charge on any atom is 0.257 e. The number of aromatic nitrogens is 1. The minimum atomic E-state index is -0.308. The molecule has 5 heteroatoms. The van der Waals surface area contributed by atoms with Gasteiger partial charge in [0.2, 0.25) is 0 Å². The highest BCUT2D eigenvalue weighted by molar-refractivity contribution is 5.99. The highest BCUT2D eigenvalue weighted by Gasteiger charge is 2.19. The van der Waals surface area contributed by atoms with Crippen molar-refractivity contribution in [3.05, 3.63) is 77.8 Å². The molecule has 1 unspecified atom stereocenters. The zero-order chi connectivity index (χ0) is 16.2. The lowest BCUT2D eigenvalue weighted by Crippen LogP contribution is -2.26. The molecule has 2 aromatic carbocycles. The molecule has 116 valence electrons. The van der Waals surface area contributed by atoms with Gasteiger partial charge in [0.1, 0.15) is 23.3 Å². The van der Waals surface area contributed by atoms with Crippen LogP contribution in [0, 0.1) is 5.82 Å². The molecule has 1 N–H and O–H groups in total. The van der Waals surface area contributed by atoms with E-state index in [1.807, 2.05) is 37.3 Å². The number of hydrogen-bond donors (Lipinski definition) is 1. The minimum Gasteiger partial charge on any atom is -0.363 e. The van der Waals surface area contributed by atoms with E-state index in [2.05, 4.69) is 10.5 Å². The molecule has 0 saturated heterocycles. The number of nitrogens with one attached hydrogen (secondary N) is 1. The van der Waals surface area contributed by atoms with Gasteiger partial charge in [0.05, 0.1) is 6.04 Å². The van der Waals surface area contributed by atoms with Crippen LogP contribution in [0.3, 0.4) is 0 Å². The number of carbonyl (C=O) groups is 1. The first-order chi connectivity index (χ1) is 11.1. The second-order valence-corrected chi connectivity index (χ2v) is 5.19. The summed E-state index contributed by atoms with van der Waals surface area (Å²) in [5.74, 6) is -0.598. The molecule has 1 amide bonds. The highest BCUT2D eigenvalue weighted by Crippen LogP contribution is 2.22. The molecule has 1 aromatic heterocycles. The fourth-order valence-electron chi connectivity index (χ4n) is 2.31. The van der Waals surface area contributed by atoms with Crippen LogP contribution in [0.1, 0.15) is 28.9 Å². The minimum absolute atomic E-state index is 0.262. The van der Waals surface area contributed by atoms with Crippen molar-refractivity contribution in [2.75, 3.05) is 0 Å².